The molecule has 1 aliphatic carbocycles. The van der Waals surface area contributed by atoms with E-state index in [1.165, 1.54) is 6.42 Å². The number of nitrogens with one attached hydrogen (secondary N) is 2. The van der Waals surface area contributed by atoms with Gasteiger partial charge < -0.3 is 10.6 Å². The lowest BCUT2D eigenvalue weighted by atomic mass is 10.2. The zero-order valence-electron chi connectivity index (χ0n) is 11.1. The smallest absolute Gasteiger partial charge is 0.135 e. The monoisotopic (exact) mass is 234 g/mol. The molecule has 0 aromatic carbocycles. The molecule has 94 valence electrons. The van der Waals surface area contributed by atoms with Gasteiger partial charge in [-0.05, 0) is 18.3 Å². The molecule has 4 nitrogen and oxygen atoms in total. The molecule has 0 radical (unpaired) electrons. The largest absolute Gasteiger partial charge is 0.373 e. The van der Waals surface area contributed by atoms with Gasteiger partial charge in [0.15, 0.2) is 0 Å². The molecule has 1 heterocycles. The molecule has 2 unspecified atom stereocenters. The second kappa shape index (κ2) is 4.90. The van der Waals surface area contributed by atoms with Crippen molar-refractivity contribution < 1.29 is 0 Å². The summed E-state index contributed by atoms with van der Waals surface area (Å²) in [5, 5.41) is 6.50. The van der Waals surface area contributed by atoms with Gasteiger partial charge in [0.25, 0.3) is 0 Å². The van der Waals surface area contributed by atoms with Crippen LogP contribution in [0.3, 0.4) is 0 Å². The highest BCUT2D eigenvalue weighted by Crippen LogP contribution is 2.37. The van der Waals surface area contributed by atoms with Crippen LogP contribution in [0.25, 0.3) is 0 Å². The number of rotatable bonds is 5. The minimum Gasteiger partial charge on any atom is -0.373 e. The number of anilines is 2. The van der Waals surface area contributed by atoms with E-state index in [4.69, 9.17) is 0 Å². The molecule has 0 bridgehead atoms. The summed E-state index contributed by atoms with van der Waals surface area (Å²) in [5.41, 5.74) is 0. The van der Waals surface area contributed by atoms with Gasteiger partial charge in [-0.15, -0.1) is 0 Å². The SMILES string of the molecule is CNc1cc(NCC2CC2C)nc(C(C)C)n1. The van der Waals surface area contributed by atoms with Crippen molar-refractivity contribution in [2.75, 3.05) is 24.2 Å². The van der Waals surface area contributed by atoms with Crippen LogP contribution in [0.4, 0.5) is 11.6 Å². The molecule has 2 atom stereocenters. The maximum Gasteiger partial charge on any atom is 0.135 e. The van der Waals surface area contributed by atoms with Crippen molar-refractivity contribution in [3.63, 3.8) is 0 Å². The van der Waals surface area contributed by atoms with Crippen LogP contribution < -0.4 is 10.6 Å². The fraction of sp³-hybridized carbons (Fsp3) is 0.692. The Morgan fingerprint density at radius 1 is 1.35 bits per heavy atom. The Balaban J connectivity index is 2.06. The zero-order valence-corrected chi connectivity index (χ0v) is 11.1. The molecule has 1 aliphatic rings. The Kier molecular flexibility index (Phi) is 3.50. The van der Waals surface area contributed by atoms with Gasteiger partial charge in [0.2, 0.25) is 0 Å². The highest BCUT2D eigenvalue weighted by molar-refractivity contribution is 5.47. The highest BCUT2D eigenvalue weighted by Gasteiger charge is 2.31. The molecule has 0 aliphatic heterocycles. The number of nitrogens with zero attached hydrogens (tertiary/aromatic N) is 2. The van der Waals surface area contributed by atoms with E-state index in [1.54, 1.807) is 0 Å². The van der Waals surface area contributed by atoms with Gasteiger partial charge in [0.1, 0.15) is 17.5 Å². The van der Waals surface area contributed by atoms with Crippen LogP contribution in [0.5, 0.6) is 0 Å². The van der Waals surface area contributed by atoms with E-state index in [0.29, 0.717) is 5.92 Å². The first-order valence-corrected chi connectivity index (χ1v) is 6.40. The highest BCUT2D eigenvalue weighted by atomic mass is 15.1. The first kappa shape index (κ1) is 12.1. The summed E-state index contributed by atoms with van der Waals surface area (Å²) in [6.07, 6.45) is 1.34. The molecule has 2 N–H and O–H groups in total. The van der Waals surface area contributed by atoms with Crippen molar-refractivity contribution in [3.8, 4) is 0 Å². The quantitative estimate of drug-likeness (QED) is 0.822. The second-order valence-electron chi connectivity index (χ2n) is 5.26. The molecule has 2 rings (SSSR count). The van der Waals surface area contributed by atoms with Crippen molar-refractivity contribution in [2.45, 2.75) is 33.1 Å². The molecular formula is C13H22N4. The number of hydrogen-bond acceptors (Lipinski definition) is 4. The molecule has 17 heavy (non-hydrogen) atoms. The number of aromatic nitrogens is 2. The Morgan fingerprint density at radius 3 is 2.53 bits per heavy atom. The van der Waals surface area contributed by atoms with Crippen LogP contribution in [-0.4, -0.2) is 23.6 Å². The number of hydrogen-bond donors (Lipinski definition) is 2. The molecule has 0 spiro atoms. The van der Waals surface area contributed by atoms with E-state index in [-0.39, 0.29) is 0 Å². The van der Waals surface area contributed by atoms with E-state index < -0.39 is 0 Å². The van der Waals surface area contributed by atoms with Crippen LogP contribution in [0.1, 0.15) is 38.9 Å². The maximum absolute atomic E-state index is 4.54. The Labute approximate surface area is 103 Å². The third-order valence-electron chi connectivity index (χ3n) is 3.34. The van der Waals surface area contributed by atoms with Gasteiger partial charge in [-0.3, -0.25) is 0 Å². The van der Waals surface area contributed by atoms with E-state index in [0.717, 1.165) is 35.8 Å². The molecule has 1 aromatic rings. The van der Waals surface area contributed by atoms with Gasteiger partial charge in [0, 0.05) is 25.6 Å². The first-order valence-electron chi connectivity index (χ1n) is 6.40. The van der Waals surface area contributed by atoms with Crippen LogP contribution >= 0.6 is 0 Å². The molecule has 1 aromatic heterocycles. The molecule has 0 amide bonds. The van der Waals surface area contributed by atoms with Crippen LogP contribution in [0.15, 0.2) is 6.07 Å². The van der Waals surface area contributed by atoms with E-state index in [2.05, 4.69) is 41.4 Å². The third kappa shape index (κ3) is 3.08. The molecule has 1 fully saturated rings. The Bertz CT molecular complexity index is 389. The summed E-state index contributed by atoms with van der Waals surface area (Å²) < 4.78 is 0. The van der Waals surface area contributed by atoms with Crippen molar-refractivity contribution >= 4 is 11.6 Å². The van der Waals surface area contributed by atoms with E-state index in [9.17, 15) is 0 Å². The lowest BCUT2D eigenvalue weighted by Crippen LogP contribution is -2.10. The maximum atomic E-state index is 4.54. The average molecular weight is 234 g/mol. The standard InChI is InChI=1S/C13H22N4/c1-8(2)13-16-11(14-4)6-12(17-13)15-7-10-5-9(10)3/h6,8-10H,5,7H2,1-4H3,(H2,14,15,16,17). The fourth-order valence-electron chi connectivity index (χ4n) is 1.86. The lowest BCUT2D eigenvalue weighted by Gasteiger charge is -2.11. The van der Waals surface area contributed by atoms with Crippen molar-refractivity contribution in [1.82, 2.24) is 9.97 Å². The molecule has 0 saturated heterocycles. The predicted octanol–water partition coefficient (Wildman–Crippen LogP) is 2.71. The lowest BCUT2D eigenvalue weighted by molar-refractivity contribution is 0.762. The van der Waals surface area contributed by atoms with Gasteiger partial charge in [-0.2, -0.15) is 0 Å². The molecular weight excluding hydrogens is 212 g/mol. The minimum absolute atomic E-state index is 0.351. The van der Waals surface area contributed by atoms with Crippen LogP contribution in [0, 0.1) is 11.8 Å². The Hall–Kier alpha value is -1.32. The van der Waals surface area contributed by atoms with Gasteiger partial charge in [-0.25, -0.2) is 9.97 Å². The van der Waals surface area contributed by atoms with Crippen molar-refractivity contribution in [3.05, 3.63) is 11.9 Å². The summed E-state index contributed by atoms with van der Waals surface area (Å²) in [5.74, 6) is 4.76. The van der Waals surface area contributed by atoms with Crippen molar-refractivity contribution in [2.24, 2.45) is 11.8 Å². The zero-order chi connectivity index (χ0) is 12.4. The van der Waals surface area contributed by atoms with Gasteiger partial charge in [-0.1, -0.05) is 20.8 Å². The van der Waals surface area contributed by atoms with Crippen molar-refractivity contribution in [1.29, 1.82) is 0 Å². The molecule has 1 saturated carbocycles. The van der Waals surface area contributed by atoms with Crippen LogP contribution in [0.2, 0.25) is 0 Å². The predicted molar refractivity (Wildman–Crippen MR) is 71.4 cm³/mol. The van der Waals surface area contributed by atoms with E-state index in [1.807, 2.05) is 13.1 Å². The topological polar surface area (TPSA) is 49.8 Å². The van der Waals surface area contributed by atoms with Crippen LogP contribution in [-0.2, 0) is 0 Å². The average Bonchev–Trinajstić information content (AvgIpc) is 3.02. The van der Waals surface area contributed by atoms with Gasteiger partial charge >= 0.3 is 0 Å². The summed E-state index contributed by atoms with van der Waals surface area (Å²) in [6.45, 7) is 7.55. The summed E-state index contributed by atoms with van der Waals surface area (Å²) in [6, 6.07) is 1.97. The van der Waals surface area contributed by atoms with E-state index >= 15 is 0 Å². The second-order valence-corrected chi connectivity index (χ2v) is 5.26. The summed E-state index contributed by atoms with van der Waals surface area (Å²) >= 11 is 0. The normalized spacial score (nSPS) is 22.6. The first-order chi connectivity index (χ1) is 8.10. The minimum atomic E-state index is 0.351. The fourth-order valence-corrected chi connectivity index (χ4v) is 1.86. The van der Waals surface area contributed by atoms with Gasteiger partial charge in [0.05, 0.1) is 0 Å². The Morgan fingerprint density at radius 2 is 2.00 bits per heavy atom. The summed E-state index contributed by atoms with van der Waals surface area (Å²) in [4.78, 5) is 8.99. The molecule has 4 heteroatoms. The summed E-state index contributed by atoms with van der Waals surface area (Å²) in [7, 11) is 1.89. The third-order valence-corrected chi connectivity index (χ3v) is 3.34.